The number of aromatic nitrogens is 2. The summed E-state index contributed by atoms with van der Waals surface area (Å²) < 4.78 is 2.16. The maximum Gasteiger partial charge on any atom is 0.135 e. The smallest absolute Gasteiger partial charge is 0.135 e. The molecule has 1 aliphatic carbocycles. The molecular weight excluding hydrogens is 202 g/mol. The Balaban J connectivity index is 2.22. The minimum Gasteiger partial charge on any atom is -0.399 e. The molecule has 1 fully saturated rings. The predicted octanol–water partition coefficient (Wildman–Crippen LogP) is 1.84. The lowest BCUT2D eigenvalue weighted by molar-refractivity contribution is 0.243. The molecule has 0 radical (unpaired) electrons. The number of imidazole rings is 1. The van der Waals surface area contributed by atoms with Gasteiger partial charge < -0.3 is 15.4 Å². The first-order valence-corrected chi connectivity index (χ1v) is 5.67. The summed E-state index contributed by atoms with van der Waals surface area (Å²) in [5, 5.41) is 9.34. The van der Waals surface area contributed by atoms with Crippen molar-refractivity contribution in [3.63, 3.8) is 0 Å². The molecule has 0 spiro atoms. The van der Waals surface area contributed by atoms with Gasteiger partial charge in [-0.1, -0.05) is 0 Å². The van der Waals surface area contributed by atoms with Crippen molar-refractivity contribution in [1.29, 1.82) is 0 Å². The standard InChI is InChI=1S/C12H15N3O/c13-8-4-5-11-10(6-8)14-12(7-16)15(11)9-2-1-3-9/h4-6,9,16H,1-3,7,13H2. The number of hydrogen-bond acceptors (Lipinski definition) is 3. The highest BCUT2D eigenvalue weighted by molar-refractivity contribution is 5.79. The van der Waals surface area contributed by atoms with E-state index in [1.165, 1.54) is 19.3 Å². The van der Waals surface area contributed by atoms with Crippen LogP contribution in [0.5, 0.6) is 0 Å². The summed E-state index contributed by atoms with van der Waals surface area (Å²) >= 11 is 0. The van der Waals surface area contributed by atoms with Gasteiger partial charge in [0.1, 0.15) is 12.4 Å². The van der Waals surface area contributed by atoms with Crippen LogP contribution in [0.15, 0.2) is 18.2 Å². The van der Waals surface area contributed by atoms with Gasteiger partial charge in [0.25, 0.3) is 0 Å². The molecule has 0 aliphatic heterocycles. The summed E-state index contributed by atoms with van der Waals surface area (Å²) in [6.07, 6.45) is 3.63. The van der Waals surface area contributed by atoms with Gasteiger partial charge in [0, 0.05) is 11.7 Å². The third-order valence-corrected chi connectivity index (χ3v) is 3.37. The number of anilines is 1. The highest BCUT2D eigenvalue weighted by Crippen LogP contribution is 2.35. The van der Waals surface area contributed by atoms with Gasteiger partial charge in [0.05, 0.1) is 11.0 Å². The van der Waals surface area contributed by atoms with E-state index >= 15 is 0 Å². The van der Waals surface area contributed by atoms with Gasteiger partial charge in [-0.15, -0.1) is 0 Å². The minimum absolute atomic E-state index is 0.00884. The van der Waals surface area contributed by atoms with E-state index in [-0.39, 0.29) is 6.61 Å². The average molecular weight is 217 g/mol. The van der Waals surface area contributed by atoms with Crippen LogP contribution in [-0.4, -0.2) is 14.7 Å². The summed E-state index contributed by atoms with van der Waals surface area (Å²) in [6.45, 7) is -0.00884. The molecule has 1 aliphatic rings. The van der Waals surface area contributed by atoms with Crippen LogP contribution < -0.4 is 5.73 Å². The molecule has 16 heavy (non-hydrogen) atoms. The van der Waals surface area contributed by atoms with Crippen LogP contribution >= 0.6 is 0 Å². The Labute approximate surface area is 93.7 Å². The quantitative estimate of drug-likeness (QED) is 0.754. The molecule has 1 aromatic carbocycles. The summed E-state index contributed by atoms with van der Waals surface area (Å²) in [6, 6.07) is 6.26. The molecule has 1 aromatic heterocycles. The number of hydrogen-bond donors (Lipinski definition) is 2. The van der Waals surface area contributed by atoms with Crippen LogP contribution in [0.3, 0.4) is 0 Å². The van der Waals surface area contributed by atoms with Crippen molar-refractivity contribution in [2.75, 3.05) is 5.73 Å². The predicted molar refractivity (Wildman–Crippen MR) is 63.0 cm³/mol. The summed E-state index contributed by atoms with van der Waals surface area (Å²) in [7, 11) is 0. The Morgan fingerprint density at radius 2 is 2.25 bits per heavy atom. The van der Waals surface area contributed by atoms with E-state index in [9.17, 15) is 5.11 Å². The highest BCUT2D eigenvalue weighted by atomic mass is 16.3. The van der Waals surface area contributed by atoms with Gasteiger partial charge in [0.15, 0.2) is 0 Å². The zero-order chi connectivity index (χ0) is 11.1. The van der Waals surface area contributed by atoms with Crippen LogP contribution in [-0.2, 0) is 6.61 Å². The van der Waals surface area contributed by atoms with Gasteiger partial charge in [-0.3, -0.25) is 0 Å². The van der Waals surface area contributed by atoms with Crippen molar-refractivity contribution in [3.05, 3.63) is 24.0 Å². The third-order valence-electron chi connectivity index (χ3n) is 3.37. The zero-order valence-corrected chi connectivity index (χ0v) is 9.06. The molecule has 4 heteroatoms. The monoisotopic (exact) mass is 217 g/mol. The largest absolute Gasteiger partial charge is 0.399 e. The molecule has 0 atom stereocenters. The highest BCUT2D eigenvalue weighted by Gasteiger charge is 2.24. The fourth-order valence-corrected chi connectivity index (χ4v) is 2.33. The van der Waals surface area contributed by atoms with Crippen molar-refractivity contribution in [2.24, 2.45) is 0 Å². The number of rotatable bonds is 2. The minimum atomic E-state index is -0.00884. The average Bonchev–Trinajstić information content (AvgIpc) is 2.54. The van der Waals surface area contributed by atoms with Crippen LogP contribution in [0.25, 0.3) is 11.0 Å². The van der Waals surface area contributed by atoms with E-state index in [0.29, 0.717) is 6.04 Å². The van der Waals surface area contributed by atoms with Gasteiger partial charge in [-0.05, 0) is 37.5 Å². The van der Waals surface area contributed by atoms with Crippen molar-refractivity contribution < 1.29 is 5.11 Å². The van der Waals surface area contributed by atoms with E-state index in [1.54, 1.807) is 0 Å². The molecule has 0 amide bonds. The number of aliphatic hydroxyl groups is 1. The molecule has 0 saturated heterocycles. The molecule has 3 N–H and O–H groups in total. The number of nitrogen functional groups attached to an aromatic ring is 1. The Kier molecular flexibility index (Phi) is 2.11. The van der Waals surface area contributed by atoms with Gasteiger partial charge >= 0.3 is 0 Å². The molecular formula is C12H15N3O. The second-order valence-electron chi connectivity index (χ2n) is 4.39. The first kappa shape index (κ1) is 9.66. The van der Waals surface area contributed by atoms with Gasteiger partial charge in [-0.2, -0.15) is 0 Å². The van der Waals surface area contributed by atoms with Crippen LogP contribution in [0.2, 0.25) is 0 Å². The number of nitrogens with two attached hydrogens (primary N) is 1. The lowest BCUT2D eigenvalue weighted by Gasteiger charge is -2.28. The number of benzene rings is 1. The number of aliphatic hydroxyl groups excluding tert-OH is 1. The Morgan fingerprint density at radius 1 is 1.44 bits per heavy atom. The van der Waals surface area contributed by atoms with E-state index in [2.05, 4.69) is 9.55 Å². The fraction of sp³-hybridized carbons (Fsp3) is 0.417. The summed E-state index contributed by atoms with van der Waals surface area (Å²) in [5.74, 6) is 0.755. The first-order chi connectivity index (χ1) is 7.79. The molecule has 1 saturated carbocycles. The molecule has 0 bridgehead atoms. The zero-order valence-electron chi connectivity index (χ0n) is 9.06. The maximum atomic E-state index is 9.34. The molecule has 2 aromatic rings. The van der Waals surface area contributed by atoms with Crippen molar-refractivity contribution in [2.45, 2.75) is 31.9 Å². The van der Waals surface area contributed by atoms with Crippen molar-refractivity contribution in [3.8, 4) is 0 Å². The summed E-state index contributed by atoms with van der Waals surface area (Å²) in [4.78, 5) is 4.43. The Bertz CT molecular complexity index is 528. The number of nitrogens with zero attached hydrogens (tertiary/aromatic N) is 2. The van der Waals surface area contributed by atoms with Gasteiger partial charge in [-0.25, -0.2) is 4.98 Å². The Morgan fingerprint density at radius 3 is 2.88 bits per heavy atom. The van der Waals surface area contributed by atoms with Crippen molar-refractivity contribution >= 4 is 16.7 Å². The normalized spacial score (nSPS) is 16.6. The van der Waals surface area contributed by atoms with Crippen LogP contribution in [0.1, 0.15) is 31.1 Å². The molecule has 0 unspecified atom stereocenters. The Hall–Kier alpha value is -1.55. The first-order valence-electron chi connectivity index (χ1n) is 5.67. The number of fused-ring (bicyclic) bond motifs is 1. The van der Waals surface area contributed by atoms with E-state index in [4.69, 9.17) is 5.73 Å². The fourth-order valence-electron chi connectivity index (χ4n) is 2.33. The summed E-state index contributed by atoms with van der Waals surface area (Å²) in [5.41, 5.74) is 8.42. The SMILES string of the molecule is Nc1ccc2c(c1)nc(CO)n2C1CCC1. The topological polar surface area (TPSA) is 64.1 Å². The molecule has 3 rings (SSSR count). The molecule has 4 nitrogen and oxygen atoms in total. The molecule has 84 valence electrons. The van der Waals surface area contributed by atoms with Crippen LogP contribution in [0.4, 0.5) is 5.69 Å². The van der Waals surface area contributed by atoms with Gasteiger partial charge in [0.2, 0.25) is 0 Å². The second-order valence-corrected chi connectivity index (χ2v) is 4.39. The van der Waals surface area contributed by atoms with E-state index < -0.39 is 0 Å². The lowest BCUT2D eigenvalue weighted by Crippen LogP contribution is -2.19. The van der Waals surface area contributed by atoms with E-state index in [1.807, 2.05) is 18.2 Å². The lowest BCUT2D eigenvalue weighted by atomic mass is 9.92. The second kappa shape index (κ2) is 3.49. The van der Waals surface area contributed by atoms with Crippen molar-refractivity contribution in [1.82, 2.24) is 9.55 Å². The molecule has 1 heterocycles. The maximum absolute atomic E-state index is 9.34. The van der Waals surface area contributed by atoms with E-state index in [0.717, 1.165) is 22.5 Å². The van der Waals surface area contributed by atoms with Crippen LogP contribution in [0, 0.1) is 0 Å². The third kappa shape index (κ3) is 1.30.